The number of hydrogen-bond donors (Lipinski definition) is 1. The maximum atomic E-state index is 3.59. The van der Waals surface area contributed by atoms with E-state index < -0.39 is 0 Å². The molecule has 1 saturated carbocycles. The van der Waals surface area contributed by atoms with Gasteiger partial charge in [-0.2, -0.15) is 0 Å². The van der Waals surface area contributed by atoms with Crippen LogP contribution >= 0.6 is 0 Å². The predicted octanol–water partition coefficient (Wildman–Crippen LogP) is 1.69. The Kier molecular flexibility index (Phi) is 4.16. The van der Waals surface area contributed by atoms with Crippen molar-refractivity contribution in [3.05, 3.63) is 35.4 Å². The van der Waals surface area contributed by atoms with Gasteiger partial charge in [0.2, 0.25) is 0 Å². The van der Waals surface area contributed by atoms with Crippen LogP contribution in [0.5, 0.6) is 0 Å². The van der Waals surface area contributed by atoms with Crippen molar-refractivity contribution in [3.63, 3.8) is 0 Å². The van der Waals surface area contributed by atoms with Crippen molar-refractivity contribution >= 4 is 0 Å². The van der Waals surface area contributed by atoms with Crippen LogP contribution in [0, 0.1) is 0 Å². The molecule has 1 aliphatic heterocycles. The van der Waals surface area contributed by atoms with Crippen LogP contribution in [0.2, 0.25) is 0 Å². The van der Waals surface area contributed by atoms with Crippen LogP contribution in [0.4, 0.5) is 0 Å². The Morgan fingerprint density at radius 1 is 1.11 bits per heavy atom. The molecule has 0 radical (unpaired) electrons. The first-order chi connectivity index (χ1) is 9.29. The standard InChI is InChI=1S/C16H25N3/c1-18-7-9-19(10-8-18)13-15-4-2-3-14(11-15)12-17-16-5-6-16/h2-4,11,16-17H,5-10,12-13H2,1H3. The number of benzene rings is 1. The van der Waals surface area contributed by atoms with E-state index in [-0.39, 0.29) is 0 Å². The van der Waals surface area contributed by atoms with E-state index in [2.05, 4.69) is 46.4 Å². The Balaban J connectivity index is 1.53. The Hall–Kier alpha value is -0.900. The quantitative estimate of drug-likeness (QED) is 0.868. The fourth-order valence-electron chi connectivity index (χ4n) is 2.65. The zero-order chi connectivity index (χ0) is 13.1. The zero-order valence-corrected chi connectivity index (χ0v) is 11.9. The normalized spacial score (nSPS) is 21.7. The molecule has 3 nitrogen and oxygen atoms in total. The number of nitrogens with one attached hydrogen (secondary N) is 1. The van der Waals surface area contributed by atoms with Gasteiger partial charge in [-0.1, -0.05) is 24.3 Å². The molecule has 0 spiro atoms. The van der Waals surface area contributed by atoms with Gasteiger partial charge in [-0.15, -0.1) is 0 Å². The van der Waals surface area contributed by atoms with E-state index in [1.165, 1.54) is 50.1 Å². The molecular formula is C16H25N3. The largest absolute Gasteiger partial charge is 0.310 e. The Morgan fingerprint density at radius 3 is 2.58 bits per heavy atom. The van der Waals surface area contributed by atoms with Crippen LogP contribution < -0.4 is 5.32 Å². The molecule has 0 unspecified atom stereocenters. The van der Waals surface area contributed by atoms with Gasteiger partial charge in [-0.25, -0.2) is 0 Å². The highest BCUT2D eigenvalue weighted by Crippen LogP contribution is 2.19. The third-order valence-corrected chi connectivity index (χ3v) is 4.17. The summed E-state index contributed by atoms with van der Waals surface area (Å²) in [5, 5.41) is 3.59. The van der Waals surface area contributed by atoms with Crippen LogP contribution in [0.15, 0.2) is 24.3 Å². The first-order valence-electron chi connectivity index (χ1n) is 7.52. The fourth-order valence-corrected chi connectivity index (χ4v) is 2.65. The van der Waals surface area contributed by atoms with Crippen molar-refractivity contribution < 1.29 is 0 Å². The van der Waals surface area contributed by atoms with Crippen LogP contribution in [0.25, 0.3) is 0 Å². The maximum Gasteiger partial charge on any atom is 0.0234 e. The van der Waals surface area contributed by atoms with Crippen molar-refractivity contribution in [3.8, 4) is 0 Å². The van der Waals surface area contributed by atoms with E-state index >= 15 is 0 Å². The smallest absolute Gasteiger partial charge is 0.0234 e. The summed E-state index contributed by atoms with van der Waals surface area (Å²) in [5.41, 5.74) is 2.89. The maximum absolute atomic E-state index is 3.59. The molecular weight excluding hydrogens is 234 g/mol. The van der Waals surface area contributed by atoms with Crippen molar-refractivity contribution in [1.29, 1.82) is 0 Å². The van der Waals surface area contributed by atoms with Gasteiger partial charge in [-0.3, -0.25) is 4.90 Å². The Labute approximate surface area is 116 Å². The molecule has 104 valence electrons. The van der Waals surface area contributed by atoms with E-state index in [1.54, 1.807) is 0 Å². The van der Waals surface area contributed by atoms with Gasteiger partial charge in [0.05, 0.1) is 0 Å². The van der Waals surface area contributed by atoms with E-state index in [9.17, 15) is 0 Å². The van der Waals surface area contributed by atoms with Gasteiger partial charge >= 0.3 is 0 Å². The molecule has 19 heavy (non-hydrogen) atoms. The molecule has 1 heterocycles. The van der Waals surface area contributed by atoms with Crippen molar-refractivity contribution in [2.75, 3.05) is 33.2 Å². The first kappa shape index (κ1) is 13.1. The van der Waals surface area contributed by atoms with Gasteiger partial charge in [-0.05, 0) is 31.0 Å². The summed E-state index contributed by atoms with van der Waals surface area (Å²) >= 11 is 0. The molecule has 0 bridgehead atoms. The van der Waals surface area contributed by atoms with Gasteiger partial charge in [0.25, 0.3) is 0 Å². The van der Waals surface area contributed by atoms with Crippen LogP contribution in [0.3, 0.4) is 0 Å². The number of likely N-dealkylation sites (N-methyl/N-ethyl adjacent to an activating group) is 1. The van der Waals surface area contributed by atoms with E-state index in [1.807, 2.05) is 0 Å². The highest BCUT2D eigenvalue weighted by atomic mass is 15.2. The lowest BCUT2D eigenvalue weighted by atomic mass is 10.1. The summed E-state index contributed by atoms with van der Waals surface area (Å²) in [7, 11) is 2.21. The van der Waals surface area contributed by atoms with Crippen LogP contribution in [-0.2, 0) is 13.1 Å². The second-order valence-corrected chi connectivity index (χ2v) is 6.05. The van der Waals surface area contributed by atoms with Gasteiger partial charge in [0.1, 0.15) is 0 Å². The second-order valence-electron chi connectivity index (χ2n) is 6.05. The minimum atomic E-state index is 0.793. The van der Waals surface area contributed by atoms with Crippen molar-refractivity contribution in [2.45, 2.75) is 32.0 Å². The topological polar surface area (TPSA) is 18.5 Å². The summed E-state index contributed by atoms with van der Waals surface area (Å²) in [6.07, 6.45) is 2.72. The minimum Gasteiger partial charge on any atom is -0.310 e. The summed E-state index contributed by atoms with van der Waals surface area (Å²) < 4.78 is 0. The summed E-state index contributed by atoms with van der Waals surface area (Å²) in [6.45, 7) is 6.92. The lowest BCUT2D eigenvalue weighted by molar-refractivity contribution is 0.148. The average molecular weight is 259 g/mol. The lowest BCUT2D eigenvalue weighted by Crippen LogP contribution is -2.43. The van der Waals surface area contributed by atoms with E-state index in [4.69, 9.17) is 0 Å². The molecule has 2 fully saturated rings. The lowest BCUT2D eigenvalue weighted by Gasteiger charge is -2.32. The zero-order valence-electron chi connectivity index (χ0n) is 11.9. The molecule has 3 rings (SSSR count). The highest BCUT2D eigenvalue weighted by molar-refractivity contribution is 5.23. The van der Waals surface area contributed by atoms with Crippen LogP contribution in [-0.4, -0.2) is 49.1 Å². The summed E-state index contributed by atoms with van der Waals surface area (Å²) in [4.78, 5) is 4.97. The van der Waals surface area contributed by atoms with Gasteiger partial charge in [0.15, 0.2) is 0 Å². The Morgan fingerprint density at radius 2 is 1.84 bits per heavy atom. The molecule has 1 aromatic rings. The number of hydrogen-bond acceptors (Lipinski definition) is 3. The molecule has 2 aliphatic rings. The molecule has 0 amide bonds. The molecule has 1 saturated heterocycles. The SMILES string of the molecule is CN1CCN(Cc2cccc(CNC3CC3)c2)CC1. The average Bonchev–Trinajstić information content (AvgIpc) is 3.24. The van der Waals surface area contributed by atoms with Crippen molar-refractivity contribution in [2.24, 2.45) is 0 Å². The monoisotopic (exact) mass is 259 g/mol. The van der Waals surface area contributed by atoms with Crippen LogP contribution in [0.1, 0.15) is 24.0 Å². The third-order valence-electron chi connectivity index (χ3n) is 4.17. The fraction of sp³-hybridized carbons (Fsp3) is 0.625. The molecule has 1 aliphatic carbocycles. The van der Waals surface area contributed by atoms with Gasteiger partial charge in [0, 0.05) is 45.3 Å². The van der Waals surface area contributed by atoms with E-state index in [0.717, 1.165) is 19.1 Å². The first-order valence-corrected chi connectivity index (χ1v) is 7.52. The van der Waals surface area contributed by atoms with E-state index in [0.29, 0.717) is 0 Å². The predicted molar refractivity (Wildman–Crippen MR) is 79.1 cm³/mol. The molecule has 0 atom stereocenters. The number of nitrogens with zero attached hydrogens (tertiary/aromatic N) is 2. The summed E-state index contributed by atoms with van der Waals surface area (Å²) in [6, 6.07) is 9.87. The minimum absolute atomic E-state index is 0.793. The van der Waals surface area contributed by atoms with Gasteiger partial charge < -0.3 is 10.2 Å². The number of piperazine rings is 1. The Bertz CT molecular complexity index is 406. The molecule has 1 N–H and O–H groups in total. The number of rotatable bonds is 5. The van der Waals surface area contributed by atoms with Crippen molar-refractivity contribution in [1.82, 2.24) is 15.1 Å². The highest BCUT2D eigenvalue weighted by Gasteiger charge is 2.20. The molecule has 1 aromatic carbocycles. The molecule has 0 aromatic heterocycles. The molecule has 3 heteroatoms. The third kappa shape index (κ3) is 4.03. The second kappa shape index (κ2) is 6.04. The summed E-state index contributed by atoms with van der Waals surface area (Å²) in [5.74, 6) is 0.